The summed E-state index contributed by atoms with van der Waals surface area (Å²) in [6.45, 7) is 1.11. The lowest BCUT2D eigenvalue weighted by atomic mass is 9.79. The van der Waals surface area contributed by atoms with Gasteiger partial charge in [-0.15, -0.1) is 0 Å². The molecule has 0 unspecified atom stereocenters. The van der Waals surface area contributed by atoms with Gasteiger partial charge in [0.1, 0.15) is 11.5 Å². The van der Waals surface area contributed by atoms with Crippen LogP contribution in [0.25, 0.3) is 0 Å². The zero-order chi connectivity index (χ0) is 18.6. The molecule has 1 aliphatic heterocycles. The topological polar surface area (TPSA) is 79.8 Å². The van der Waals surface area contributed by atoms with Gasteiger partial charge in [-0.2, -0.15) is 0 Å². The molecule has 0 aromatic heterocycles. The molecule has 1 saturated heterocycles. The van der Waals surface area contributed by atoms with Crippen LogP contribution >= 0.6 is 0 Å². The molecule has 0 spiro atoms. The minimum Gasteiger partial charge on any atom is -0.497 e. The van der Waals surface area contributed by atoms with Gasteiger partial charge in [-0.05, 0) is 30.7 Å². The van der Waals surface area contributed by atoms with Gasteiger partial charge in [0.25, 0.3) is 5.91 Å². The molecule has 138 valence electrons. The number of nitrogens with one attached hydrogen (secondary N) is 2. The van der Waals surface area contributed by atoms with E-state index in [9.17, 15) is 9.90 Å². The van der Waals surface area contributed by atoms with Crippen LogP contribution in [0.5, 0.6) is 11.5 Å². The Kier molecular flexibility index (Phi) is 5.44. The predicted octanol–water partition coefficient (Wildman–Crippen LogP) is 1.68. The summed E-state index contributed by atoms with van der Waals surface area (Å²) in [5, 5.41) is 17.0. The van der Waals surface area contributed by atoms with Crippen LogP contribution in [0.2, 0.25) is 0 Å². The zero-order valence-corrected chi connectivity index (χ0v) is 15.0. The number of hydrogen-bond acceptors (Lipinski definition) is 5. The molecule has 3 rings (SSSR count). The van der Waals surface area contributed by atoms with Gasteiger partial charge in [0.05, 0.1) is 31.4 Å². The Morgan fingerprint density at radius 3 is 2.62 bits per heavy atom. The molecule has 26 heavy (non-hydrogen) atoms. The fourth-order valence-corrected chi connectivity index (χ4v) is 3.41. The first-order valence-electron chi connectivity index (χ1n) is 8.59. The van der Waals surface area contributed by atoms with Gasteiger partial charge in [0.15, 0.2) is 0 Å². The normalized spacial score (nSPS) is 22.5. The van der Waals surface area contributed by atoms with Crippen molar-refractivity contribution in [1.29, 1.82) is 0 Å². The number of rotatable bonds is 5. The third kappa shape index (κ3) is 3.38. The van der Waals surface area contributed by atoms with Crippen LogP contribution in [0.1, 0.15) is 22.3 Å². The molecule has 0 aliphatic carbocycles. The smallest absolute Gasteiger partial charge is 0.255 e. The standard InChI is InChI=1S/C20H24N2O4/c1-25-15-8-9-16(17(12-15)26-2)19(24)22-20(10-11-21-13-18(20)23)14-6-4-3-5-7-14/h3-9,12,18,21,23H,10-11,13H2,1-2H3,(H,22,24)/t18-,20-/m1/s1. The van der Waals surface area contributed by atoms with Crippen LogP contribution in [0.4, 0.5) is 0 Å². The fraction of sp³-hybridized carbons (Fsp3) is 0.350. The van der Waals surface area contributed by atoms with Crippen molar-refractivity contribution in [1.82, 2.24) is 10.6 Å². The highest BCUT2D eigenvalue weighted by atomic mass is 16.5. The Bertz CT molecular complexity index is 766. The highest BCUT2D eigenvalue weighted by Gasteiger charge is 2.43. The number of aliphatic hydroxyl groups excluding tert-OH is 1. The van der Waals surface area contributed by atoms with Gasteiger partial charge in [-0.25, -0.2) is 0 Å². The molecule has 0 bridgehead atoms. The quantitative estimate of drug-likeness (QED) is 0.760. The third-order valence-electron chi connectivity index (χ3n) is 4.88. The van der Waals surface area contributed by atoms with Gasteiger partial charge >= 0.3 is 0 Å². The van der Waals surface area contributed by atoms with Crippen LogP contribution in [-0.2, 0) is 5.54 Å². The van der Waals surface area contributed by atoms with Gasteiger partial charge in [-0.1, -0.05) is 30.3 Å². The summed E-state index contributed by atoms with van der Waals surface area (Å²) in [7, 11) is 3.07. The molecule has 0 radical (unpaired) electrons. The van der Waals surface area contributed by atoms with Gasteiger partial charge in [-0.3, -0.25) is 4.79 Å². The lowest BCUT2D eigenvalue weighted by Gasteiger charge is -2.43. The van der Waals surface area contributed by atoms with Crippen molar-refractivity contribution in [2.24, 2.45) is 0 Å². The highest BCUT2D eigenvalue weighted by molar-refractivity contribution is 5.97. The molecular formula is C20H24N2O4. The summed E-state index contributed by atoms with van der Waals surface area (Å²) in [4.78, 5) is 13.1. The van der Waals surface area contributed by atoms with Crippen molar-refractivity contribution in [3.63, 3.8) is 0 Å². The Hall–Kier alpha value is -2.57. The predicted molar refractivity (Wildman–Crippen MR) is 98.6 cm³/mol. The van der Waals surface area contributed by atoms with Crippen LogP contribution in [0.3, 0.4) is 0 Å². The number of amides is 1. The molecule has 3 N–H and O–H groups in total. The molecule has 2 atom stereocenters. The fourth-order valence-electron chi connectivity index (χ4n) is 3.41. The zero-order valence-electron chi connectivity index (χ0n) is 15.0. The first-order chi connectivity index (χ1) is 12.6. The molecule has 2 aromatic rings. The highest BCUT2D eigenvalue weighted by Crippen LogP contribution is 2.33. The second-order valence-corrected chi connectivity index (χ2v) is 6.33. The summed E-state index contributed by atoms with van der Waals surface area (Å²) in [6, 6.07) is 14.6. The Labute approximate surface area is 153 Å². The summed E-state index contributed by atoms with van der Waals surface area (Å²) >= 11 is 0. The Morgan fingerprint density at radius 2 is 1.96 bits per heavy atom. The summed E-state index contributed by atoms with van der Waals surface area (Å²) in [5.41, 5.74) is 0.429. The van der Waals surface area contributed by atoms with E-state index in [-0.39, 0.29) is 5.91 Å². The number of piperidine rings is 1. The first-order valence-corrected chi connectivity index (χ1v) is 8.59. The van der Waals surface area contributed by atoms with Crippen LogP contribution in [0, 0.1) is 0 Å². The van der Waals surface area contributed by atoms with Gasteiger partial charge < -0.3 is 25.2 Å². The Morgan fingerprint density at radius 1 is 1.19 bits per heavy atom. The molecule has 6 nitrogen and oxygen atoms in total. The van der Waals surface area contributed by atoms with E-state index in [1.807, 2.05) is 30.3 Å². The van der Waals surface area contributed by atoms with Crippen LogP contribution in [-0.4, -0.2) is 44.4 Å². The molecule has 6 heteroatoms. The van der Waals surface area contributed by atoms with Crippen molar-refractivity contribution in [3.8, 4) is 11.5 Å². The lowest BCUT2D eigenvalue weighted by molar-refractivity contribution is 0.0288. The molecule has 2 aromatic carbocycles. The van der Waals surface area contributed by atoms with E-state index in [1.54, 1.807) is 25.3 Å². The molecule has 1 amide bonds. The molecule has 1 heterocycles. The van der Waals surface area contributed by atoms with E-state index in [1.165, 1.54) is 7.11 Å². The number of carbonyl (C=O) groups is 1. The summed E-state index contributed by atoms with van der Waals surface area (Å²) in [6.07, 6.45) is -0.158. The number of hydrogen-bond donors (Lipinski definition) is 3. The maximum Gasteiger partial charge on any atom is 0.255 e. The number of aliphatic hydroxyl groups is 1. The number of methoxy groups -OCH3 is 2. The van der Waals surface area contributed by atoms with Gasteiger partial charge in [0.2, 0.25) is 0 Å². The van der Waals surface area contributed by atoms with E-state index in [0.29, 0.717) is 36.6 Å². The summed E-state index contributed by atoms with van der Waals surface area (Å²) < 4.78 is 10.5. The van der Waals surface area contributed by atoms with E-state index in [2.05, 4.69) is 10.6 Å². The minimum atomic E-state index is -0.853. The van der Waals surface area contributed by atoms with Crippen LogP contribution < -0.4 is 20.1 Å². The average molecular weight is 356 g/mol. The van der Waals surface area contributed by atoms with E-state index < -0.39 is 11.6 Å². The molecule has 1 fully saturated rings. The number of benzene rings is 2. The monoisotopic (exact) mass is 356 g/mol. The SMILES string of the molecule is COc1ccc(C(=O)N[C@@]2(c3ccccc3)CCNC[C@H]2O)c(OC)c1. The van der Waals surface area contributed by atoms with Crippen LogP contribution in [0.15, 0.2) is 48.5 Å². The van der Waals surface area contributed by atoms with Crippen molar-refractivity contribution in [3.05, 3.63) is 59.7 Å². The number of carbonyl (C=O) groups excluding carboxylic acids is 1. The maximum atomic E-state index is 13.1. The van der Waals surface area contributed by atoms with Crippen molar-refractivity contribution in [2.75, 3.05) is 27.3 Å². The van der Waals surface area contributed by atoms with Crippen molar-refractivity contribution >= 4 is 5.91 Å². The van der Waals surface area contributed by atoms with E-state index in [4.69, 9.17) is 9.47 Å². The Balaban J connectivity index is 1.96. The third-order valence-corrected chi connectivity index (χ3v) is 4.88. The van der Waals surface area contributed by atoms with Crippen molar-refractivity contribution < 1.29 is 19.4 Å². The van der Waals surface area contributed by atoms with E-state index in [0.717, 1.165) is 5.56 Å². The first kappa shape index (κ1) is 18.2. The second kappa shape index (κ2) is 7.76. The molecule has 1 aliphatic rings. The number of β-amino-alcohol motifs (C(OH)–C–C–N with tert-alkyl or cyclic N) is 1. The number of ether oxygens (including phenoxy) is 2. The molecule has 0 saturated carbocycles. The summed E-state index contributed by atoms with van der Waals surface area (Å²) in [5.74, 6) is 0.737. The van der Waals surface area contributed by atoms with Gasteiger partial charge in [0, 0.05) is 12.6 Å². The van der Waals surface area contributed by atoms with Crippen molar-refractivity contribution in [2.45, 2.75) is 18.1 Å². The second-order valence-electron chi connectivity index (χ2n) is 6.33. The minimum absolute atomic E-state index is 0.297. The van der Waals surface area contributed by atoms with E-state index >= 15 is 0 Å². The average Bonchev–Trinajstić information content (AvgIpc) is 2.69. The maximum absolute atomic E-state index is 13.1. The lowest BCUT2D eigenvalue weighted by Crippen LogP contribution is -2.61. The largest absolute Gasteiger partial charge is 0.497 e. The molecular weight excluding hydrogens is 332 g/mol.